The molecule has 98 valence electrons. The minimum absolute atomic E-state index is 0.184. The molecule has 18 heavy (non-hydrogen) atoms. The van der Waals surface area contributed by atoms with E-state index in [9.17, 15) is 14.4 Å². The van der Waals surface area contributed by atoms with Crippen LogP contribution in [0.15, 0.2) is 15.7 Å². The van der Waals surface area contributed by atoms with Gasteiger partial charge >= 0.3 is 5.69 Å². The summed E-state index contributed by atoms with van der Waals surface area (Å²) in [6, 6.07) is 1.22. The topological polar surface area (TPSA) is 82.3 Å². The Hall–Kier alpha value is -1.89. The first-order chi connectivity index (χ1) is 8.50. The van der Waals surface area contributed by atoms with Crippen molar-refractivity contribution in [3.63, 3.8) is 0 Å². The van der Waals surface area contributed by atoms with E-state index in [1.54, 1.807) is 0 Å². The van der Waals surface area contributed by atoms with Crippen LogP contribution in [-0.4, -0.2) is 27.8 Å². The average molecular weight is 253 g/mol. The van der Waals surface area contributed by atoms with Crippen LogP contribution in [0.3, 0.4) is 0 Å². The quantitative estimate of drug-likeness (QED) is 0.748. The van der Waals surface area contributed by atoms with Gasteiger partial charge in [0.15, 0.2) is 0 Å². The molecule has 0 radical (unpaired) electrons. The van der Waals surface area contributed by atoms with Crippen molar-refractivity contribution in [2.75, 3.05) is 11.9 Å². The van der Waals surface area contributed by atoms with Gasteiger partial charge in [-0.15, -0.1) is 0 Å². The average Bonchev–Trinajstić information content (AvgIpc) is 2.87. The minimum Gasteiger partial charge on any atom is -0.368 e. The lowest BCUT2D eigenvalue weighted by molar-refractivity contribution is -0.124. The highest BCUT2D eigenvalue weighted by Crippen LogP contribution is 2.13. The van der Waals surface area contributed by atoms with Gasteiger partial charge in [-0.2, -0.15) is 0 Å². The lowest BCUT2D eigenvalue weighted by atomic mass is 10.2. The van der Waals surface area contributed by atoms with Crippen LogP contribution in [0.2, 0.25) is 0 Å². The summed E-state index contributed by atoms with van der Waals surface area (Å²) in [6.07, 6.45) is 1.00. The van der Waals surface area contributed by atoms with Gasteiger partial charge in [-0.1, -0.05) is 0 Å². The second-order valence-electron chi connectivity index (χ2n) is 4.26. The normalized spacial score (nSPS) is 18.9. The summed E-state index contributed by atoms with van der Waals surface area (Å²) in [7, 11) is 2.88. The number of carbonyl (C=O) groups excluding carboxylic acids is 1. The molecule has 2 heterocycles. The van der Waals surface area contributed by atoms with Gasteiger partial charge in [-0.05, 0) is 12.8 Å². The molecule has 1 saturated heterocycles. The molecular formula is C11H15N3O4. The molecule has 1 fully saturated rings. The van der Waals surface area contributed by atoms with Gasteiger partial charge < -0.3 is 10.1 Å². The summed E-state index contributed by atoms with van der Waals surface area (Å²) in [5.41, 5.74) is -0.939. The van der Waals surface area contributed by atoms with Crippen molar-refractivity contribution in [3.8, 4) is 0 Å². The molecular weight excluding hydrogens is 238 g/mol. The van der Waals surface area contributed by atoms with Crippen LogP contribution >= 0.6 is 0 Å². The van der Waals surface area contributed by atoms with Crippen LogP contribution < -0.4 is 16.6 Å². The molecule has 1 aromatic heterocycles. The van der Waals surface area contributed by atoms with E-state index in [-0.39, 0.29) is 11.7 Å². The summed E-state index contributed by atoms with van der Waals surface area (Å²) in [6.45, 7) is 0.563. The number of anilines is 1. The summed E-state index contributed by atoms with van der Waals surface area (Å²) >= 11 is 0. The Bertz CT molecular complexity index is 581. The predicted molar refractivity (Wildman–Crippen MR) is 64.5 cm³/mol. The number of rotatable bonds is 2. The van der Waals surface area contributed by atoms with Gasteiger partial charge in [0.2, 0.25) is 0 Å². The summed E-state index contributed by atoms with van der Waals surface area (Å²) < 4.78 is 7.42. The van der Waals surface area contributed by atoms with Crippen LogP contribution in [0.5, 0.6) is 0 Å². The van der Waals surface area contributed by atoms with Crippen molar-refractivity contribution in [1.82, 2.24) is 9.13 Å². The van der Waals surface area contributed by atoms with E-state index < -0.39 is 17.4 Å². The van der Waals surface area contributed by atoms with Crippen molar-refractivity contribution in [3.05, 3.63) is 26.9 Å². The maximum Gasteiger partial charge on any atom is 0.332 e. The number of nitrogens with zero attached hydrogens (tertiary/aromatic N) is 2. The number of amides is 1. The Morgan fingerprint density at radius 3 is 2.72 bits per heavy atom. The number of ether oxygens (including phenoxy) is 1. The van der Waals surface area contributed by atoms with E-state index in [1.807, 2.05) is 0 Å². The molecule has 1 N–H and O–H groups in total. The Labute approximate surface area is 103 Å². The first-order valence-electron chi connectivity index (χ1n) is 5.70. The molecule has 1 aliphatic rings. The second kappa shape index (κ2) is 4.77. The third kappa shape index (κ3) is 2.21. The number of hydrogen-bond acceptors (Lipinski definition) is 4. The van der Waals surface area contributed by atoms with Crippen LogP contribution in [-0.2, 0) is 23.6 Å². The van der Waals surface area contributed by atoms with E-state index >= 15 is 0 Å². The Morgan fingerprint density at radius 2 is 2.11 bits per heavy atom. The molecule has 0 spiro atoms. The summed E-state index contributed by atoms with van der Waals surface area (Å²) in [4.78, 5) is 35.0. The Balaban J connectivity index is 2.27. The van der Waals surface area contributed by atoms with E-state index in [0.29, 0.717) is 13.0 Å². The Kier molecular flexibility index (Phi) is 3.33. The van der Waals surface area contributed by atoms with Crippen molar-refractivity contribution >= 4 is 11.7 Å². The number of aromatic nitrogens is 2. The zero-order chi connectivity index (χ0) is 13.3. The zero-order valence-electron chi connectivity index (χ0n) is 10.3. The number of hydrogen-bond donors (Lipinski definition) is 1. The monoisotopic (exact) mass is 253 g/mol. The molecule has 0 unspecified atom stereocenters. The standard InChI is InChI=1S/C11H15N3O4/c1-13-8(6-9(15)14(2)11(13)17)12-10(16)7-4-3-5-18-7/h6-7H,3-5H2,1-2H3,(H,12,16)/t7-/m0/s1. The predicted octanol–water partition coefficient (Wildman–Crippen LogP) is -0.798. The molecule has 1 aliphatic heterocycles. The molecule has 1 atom stereocenters. The fraction of sp³-hybridized carbons (Fsp3) is 0.545. The summed E-state index contributed by atoms with van der Waals surface area (Å²) in [5, 5.41) is 2.55. The van der Waals surface area contributed by atoms with Gasteiger partial charge in [0.1, 0.15) is 11.9 Å². The summed E-state index contributed by atoms with van der Waals surface area (Å²) in [5.74, 6) is -0.139. The molecule has 7 heteroatoms. The molecule has 0 saturated carbocycles. The number of nitrogens with one attached hydrogen (secondary N) is 1. The molecule has 0 aliphatic carbocycles. The minimum atomic E-state index is -0.496. The highest BCUT2D eigenvalue weighted by molar-refractivity contribution is 5.93. The smallest absolute Gasteiger partial charge is 0.332 e. The van der Waals surface area contributed by atoms with Crippen LogP contribution in [0.4, 0.5) is 5.82 Å². The van der Waals surface area contributed by atoms with Crippen molar-refractivity contribution < 1.29 is 9.53 Å². The molecule has 0 bridgehead atoms. The van der Waals surface area contributed by atoms with Gasteiger partial charge in [0.05, 0.1) is 0 Å². The third-order valence-corrected chi connectivity index (χ3v) is 3.00. The lowest BCUT2D eigenvalue weighted by Gasteiger charge is -2.13. The molecule has 0 aromatic carbocycles. The van der Waals surface area contributed by atoms with Gasteiger partial charge in [-0.3, -0.25) is 18.7 Å². The van der Waals surface area contributed by atoms with Crippen molar-refractivity contribution in [2.45, 2.75) is 18.9 Å². The third-order valence-electron chi connectivity index (χ3n) is 3.00. The molecule has 7 nitrogen and oxygen atoms in total. The van der Waals surface area contributed by atoms with Gasteiger partial charge in [0.25, 0.3) is 11.5 Å². The maximum atomic E-state index is 11.8. The van der Waals surface area contributed by atoms with Crippen molar-refractivity contribution in [2.24, 2.45) is 14.1 Å². The van der Waals surface area contributed by atoms with Crippen LogP contribution in [0.1, 0.15) is 12.8 Å². The Morgan fingerprint density at radius 1 is 1.39 bits per heavy atom. The fourth-order valence-corrected chi connectivity index (χ4v) is 1.84. The van der Waals surface area contributed by atoms with E-state index in [1.165, 1.54) is 24.7 Å². The lowest BCUT2D eigenvalue weighted by Crippen LogP contribution is -2.39. The molecule has 2 rings (SSSR count). The largest absolute Gasteiger partial charge is 0.368 e. The van der Waals surface area contributed by atoms with E-state index in [4.69, 9.17) is 4.74 Å². The highest BCUT2D eigenvalue weighted by Gasteiger charge is 2.24. The molecule has 1 aromatic rings. The maximum absolute atomic E-state index is 11.8. The van der Waals surface area contributed by atoms with Gasteiger partial charge in [0, 0.05) is 26.8 Å². The number of carbonyl (C=O) groups is 1. The van der Waals surface area contributed by atoms with E-state index in [2.05, 4.69) is 5.32 Å². The zero-order valence-corrected chi connectivity index (χ0v) is 10.3. The second-order valence-corrected chi connectivity index (χ2v) is 4.26. The van der Waals surface area contributed by atoms with Crippen LogP contribution in [0, 0.1) is 0 Å². The van der Waals surface area contributed by atoms with Crippen LogP contribution in [0.25, 0.3) is 0 Å². The van der Waals surface area contributed by atoms with E-state index in [0.717, 1.165) is 11.0 Å². The molecule has 1 amide bonds. The fourth-order valence-electron chi connectivity index (χ4n) is 1.84. The van der Waals surface area contributed by atoms with Gasteiger partial charge in [-0.25, -0.2) is 4.79 Å². The first-order valence-corrected chi connectivity index (χ1v) is 5.70. The highest BCUT2D eigenvalue weighted by atomic mass is 16.5. The SMILES string of the molecule is Cn1c(NC(=O)[C@@H]2CCCO2)cc(=O)n(C)c1=O. The van der Waals surface area contributed by atoms with Crippen molar-refractivity contribution in [1.29, 1.82) is 0 Å². The first kappa shape index (κ1) is 12.6.